The van der Waals surface area contributed by atoms with Gasteiger partial charge < -0.3 is 0 Å². The Balaban J connectivity index is 1.84. The number of carbonyl (C=O) groups excluding carboxylic acids is 2. The molecular formula is C14H11IN4O2S. The number of nitrogens with zero attached hydrogens (tertiary/aromatic N) is 1. The lowest BCUT2D eigenvalue weighted by atomic mass is 10.2. The number of aromatic nitrogens is 1. The minimum atomic E-state index is -0.381. The van der Waals surface area contributed by atoms with Crippen molar-refractivity contribution in [2.45, 2.75) is 0 Å². The van der Waals surface area contributed by atoms with Crippen LogP contribution in [0.15, 0.2) is 48.8 Å². The van der Waals surface area contributed by atoms with Crippen molar-refractivity contribution >= 4 is 51.7 Å². The van der Waals surface area contributed by atoms with Crippen LogP contribution in [-0.4, -0.2) is 21.9 Å². The molecule has 0 unspecified atom stereocenters. The van der Waals surface area contributed by atoms with Crippen LogP contribution in [0.1, 0.15) is 20.7 Å². The van der Waals surface area contributed by atoms with E-state index in [1.54, 1.807) is 24.3 Å². The number of nitrogens with one attached hydrogen (secondary N) is 3. The van der Waals surface area contributed by atoms with Gasteiger partial charge in [-0.1, -0.05) is 0 Å². The molecular weight excluding hydrogens is 415 g/mol. The van der Waals surface area contributed by atoms with Crippen LogP contribution >= 0.6 is 34.8 Å². The summed E-state index contributed by atoms with van der Waals surface area (Å²) >= 11 is 7.10. The van der Waals surface area contributed by atoms with Gasteiger partial charge in [0.05, 0.1) is 0 Å². The Morgan fingerprint density at radius 3 is 2.14 bits per heavy atom. The van der Waals surface area contributed by atoms with Gasteiger partial charge in [-0.05, 0) is 71.2 Å². The fraction of sp³-hybridized carbons (Fsp3) is 0. The molecule has 2 amide bonds. The summed E-state index contributed by atoms with van der Waals surface area (Å²) in [6.07, 6.45) is 3.01. The zero-order valence-corrected chi connectivity index (χ0v) is 14.1. The Hall–Kier alpha value is -2.07. The van der Waals surface area contributed by atoms with Crippen molar-refractivity contribution < 1.29 is 9.59 Å². The van der Waals surface area contributed by atoms with Crippen LogP contribution in [0.25, 0.3) is 0 Å². The summed E-state index contributed by atoms with van der Waals surface area (Å²) in [7, 11) is 0. The fourth-order valence-corrected chi connectivity index (χ4v) is 2.00. The molecule has 1 heterocycles. The van der Waals surface area contributed by atoms with Crippen molar-refractivity contribution in [3.63, 3.8) is 0 Å². The van der Waals surface area contributed by atoms with E-state index in [9.17, 15) is 9.59 Å². The van der Waals surface area contributed by atoms with Crippen molar-refractivity contribution in [2.24, 2.45) is 0 Å². The quantitative estimate of drug-likeness (QED) is 0.387. The van der Waals surface area contributed by atoms with E-state index in [-0.39, 0.29) is 16.9 Å². The van der Waals surface area contributed by atoms with E-state index in [0.717, 1.165) is 3.57 Å². The summed E-state index contributed by atoms with van der Waals surface area (Å²) in [5, 5.41) is 2.48. The number of carbonyl (C=O) groups is 2. The van der Waals surface area contributed by atoms with Gasteiger partial charge in [0.15, 0.2) is 5.11 Å². The van der Waals surface area contributed by atoms with E-state index in [1.807, 2.05) is 12.1 Å². The molecule has 0 aliphatic carbocycles. The van der Waals surface area contributed by atoms with Crippen LogP contribution in [0.4, 0.5) is 0 Å². The first-order valence-corrected chi connectivity index (χ1v) is 7.62. The number of hydrogen-bond donors (Lipinski definition) is 3. The first kappa shape index (κ1) is 16.3. The summed E-state index contributed by atoms with van der Waals surface area (Å²) in [5.74, 6) is -0.736. The predicted octanol–water partition coefficient (Wildman–Crippen LogP) is 1.64. The van der Waals surface area contributed by atoms with E-state index in [1.165, 1.54) is 12.4 Å². The first-order valence-electron chi connectivity index (χ1n) is 6.13. The predicted molar refractivity (Wildman–Crippen MR) is 94.1 cm³/mol. The third kappa shape index (κ3) is 4.74. The zero-order valence-electron chi connectivity index (χ0n) is 11.2. The van der Waals surface area contributed by atoms with E-state index in [2.05, 4.69) is 43.7 Å². The van der Waals surface area contributed by atoms with Gasteiger partial charge in [-0.15, -0.1) is 0 Å². The van der Waals surface area contributed by atoms with Crippen molar-refractivity contribution in [1.82, 2.24) is 21.2 Å². The van der Waals surface area contributed by atoms with E-state index in [0.29, 0.717) is 11.1 Å². The van der Waals surface area contributed by atoms with Crippen LogP contribution < -0.4 is 16.2 Å². The van der Waals surface area contributed by atoms with Gasteiger partial charge in [0.25, 0.3) is 11.8 Å². The third-order valence-electron chi connectivity index (χ3n) is 2.57. The summed E-state index contributed by atoms with van der Waals surface area (Å²) in [4.78, 5) is 27.5. The number of thiocarbonyl (C=S) groups is 1. The first-order chi connectivity index (χ1) is 10.6. The molecule has 3 N–H and O–H groups in total. The molecule has 0 atom stereocenters. The molecule has 1 aromatic heterocycles. The second-order valence-electron chi connectivity index (χ2n) is 4.11. The van der Waals surface area contributed by atoms with Crippen molar-refractivity contribution in [1.29, 1.82) is 0 Å². The van der Waals surface area contributed by atoms with Gasteiger partial charge in [-0.25, -0.2) is 0 Å². The van der Waals surface area contributed by atoms with Gasteiger partial charge in [0, 0.05) is 27.1 Å². The van der Waals surface area contributed by atoms with E-state index >= 15 is 0 Å². The Bertz CT molecular complexity index is 692. The smallest absolute Gasteiger partial charge is 0.269 e. The van der Waals surface area contributed by atoms with Gasteiger partial charge in [0.1, 0.15) is 0 Å². The zero-order chi connectivity index (χ0) is 15.9. The van der Waals surface area contributed by atoms with Gasteiger partial charge >= 0.3 is 0 Å². The third-order valence-corrected chi connectivity index (χ3v) is 3.49. The minimum Gasteiger partial charge on any atom is -0.298 e. The molecule has 0 saturated carbocycles. The topological polar surface area (TPSA) is 83.1 Å². The number of pyridine rings is 1. The number of hydrazine groups is 1. The number of halogens is 1. The lowest BCUT2D eigenvalue weighted by molar-refractivity contribution is 0.0934. The van der Waals surface area contributed by atoms with Crippen LogP contribution in [-0.2, 0) is 0 Å². The summed E-state index contributed by atoms with van der Waals surface area (Å²) in [6.45, 7) is 0. The molecule has 2 rings (SSSR count). The second kappa shape index (κ2) is 7.80. The van der Waals surface area contributed by atoms with E-state index in [4.69, 9.17) is 12.2 Å². The maximum Gasteiger partial charge on any atom is 0.269 e. The van der Waals surface area contributed by atoms with E-state index < -0.39 is 0 Å². The van der Waals surface area contributed by atoms with Gasteiger partial charge in [-0.2, -0.15) is 0 Å². The lowest BCUT2D eigenvalue weighted by Gasteiger charge is -2.10. The summed E-state index contributed by atoms with van der Waals surface area (Å²) in [5.41, 5.74) is 5.76. The average Bonchev–Trinajstić information content (AvgIpc) is 2.54. The SMILES string of the molecule is O=C(NNC(=S)NC(=O)c1ccc(I)cc1)c1ccncc1. The Labute approximate surface area is 145 Å². The molecule has 0 aliphatic rings. The summed E-state index contributed by atoms with van der Waals surface area (Å²) < 4.78 is 1.03. The molecule has 0 radical (unpaired) electrons. The van der Waals surface area contributed by atoms with Gasteiger partial charge in [0.2, 0.25) is 0 Å². The molecule has 2 aromatic rings. The number of amides is 2. The highest BCUT2D eigenvalue weighted by atomic mass is 127. The Morgan fingerprint density at radius 1 is 0.909 bits per heavy atom. The molecule has 0 spiro atoms. The maximum absolute atomic E-state index is 11.9. The van der Waals surface area contributed by atoms with Crippen LogP contribution in [0.5, 0.6) is 0 Å². The van der Waals surface area contributed by atoms with Crippen molar-refractivity contribution in [3.05, 3.63) is 63.5 Å². The molecule has 0 fully saturated rings. The minimum absolute atomic E-state index is 0.00551. The van der Waals surface area contributed by atoms with Crippen LogP contribution in [0.2, 0.25) is 0 Å². The highest BCUT2D eigenvalue weighted by Crippen LogP contribution is 2.06. The van der Waals surface area contributed by atoms with Crippen LogP contribution in [0.3, 0.4) is 0 Å². The number of rotatable bonds is 2. The fourth-order valence-electron chi connectivity index (χ4n) is 1.50. The lowest BCUT2D eigenvalue weighted by Crippen LogP contribution is -2.48. The average molecular weight is 426 g/mol. The largest absolute Gasteiger partial charge is 0.298 e. The summed E-state index contributed by atoms with van der Waals surface area (Å²) in [6, 6.07) is 10.1. The molecule has 0 saturated heterocycles. The molecule has 0 bridgehead atoms. The number of hydrogen-bond acceptors (Lipinski definition) is 4. The highest BCUT2D eigenvalue weighted by molar-refractivity contribution is 14.1. The Morgan fingerprint density at radius 2 is 1.50 bits per heavy atom. The number of benzene rings is 1. The standard InChI is InChI=1S/C14H11IN4O2S/c15-11-3-1-9(2-4-11)12(20)17-14(22)19-18-13(21)10-5-7-16-8-6-10/h1-8H,(H,18,21)(H2,17,19,20,22). The van der Waals surface area contributed by atoms with Crippen molar-refractivity contribution in [3.8, 4) is 0 Å². The molecule has 8 heteroatoms. The molecule has 112 valence electrons. The molecule has 6 nitrogen and oxygen atoms in total. The highest BCUT2D eigenvalue weighted by Gasteiger charge is 2.09. The monoisotopic (exact) mass is 426 g/mol. The Kier molecular flexibility index (Phi) is 5.78. The van der Waals surface area contributed by atoms with Crippen LogP contribution in [0, 0.1) is 3.57 Å². The normalized spacial score (nSPS) is 9.68. The van der Waals surface area contributed by atoms with Gasteiger partial charge in [-0.3, -0.25) is 30.7 Å². The van der Waals surface area contributed by atoms with Crippen molar-refractivity contribution in [2.75, 3.05) is 0 Å². The molecule has 1 aromatic carbocycles. The molecule has 0 aliphatic heterocycles. The maximum atomic E-state index is 11.9. The second-order valence-corrected chi connectivity index (χ2v) is 5.76. The molecule has 22 heavy (non-hydrogen) atoms.